The number of rotatable bonds is 2. The van der Waals surface area contributed by atoms with E-state index in [2.05, 4.69) is 15.9 Å². The van der Waals surface area contributed by atoms with Crippen LogP contribution in [0.3, 0.4) is 0 Å². The van der Waals surface area contributed by atoms with Crippen LogP contribution in [0, 0.1) is 5.92 Å². The van der Waals surface area contributed by atoms with Gasteiger partial charge in [-0.2, -0.15) is 0 Å². The van der Waals surface area contributed by atoms with Crippen LogP contribution < -0.4 is 4.90 Å². The van der Waals surface area contributed by atoms with E-state index in [0.29, 0.717) is 36.2 Å². The number of carbonyl (C=O) groups excluding carboxylic acids is 2. The van der Waals surface area contributed by atoms with Gasteiger partial charge in [-0.25, -0.2) is 0 Å². The predicted octanol–water partition coefficient (Wildman–Crippen LogP) is 3.45. The molecule has 0 saturated heterocycles. The molecule has 0 aromatic heterocycles. The van der Waals surface area contributed by atoms with Crippen molar-refractivity contribution in [1.82, 2.24) is 0 Å². The summed E-state index contributed by atoms with van der Waals surface area (Å²) in [4.78, 5) is 27.8. The van der Waals surface area contributed by atoms with Gasteiger partial charge in [-0.1, -0.05) is 40.2 Å². The summed E-state index contributed by atoms with van der Waals surface area (Å²) in [7, 11) is 0. The highest BCUT2D eigenvalue weighted by Gasteiger charge is 2.57. The van der Waals surface area contributed by atoms with Gasteiger partial charge in [-0.05, 0) is 43.5 Å². The SMILES string of the molecule is CCN1C(=O)[C@](O)([C@@H]2CCc3ccccc3C2=O)c2cc(Br)ccc21. The average molecular weight is 400 g/mol. The molecule has 2 aromatic carbocycles. The lowest BCUT2D eigenvalue weighted by Gasteiger charge is -2.34. The van der Waals surface area contributed by atoms with Crippen molar-refractivity contribution in [1.29, 1.82) is 0 Å². The van der Waals surface area contributed by atoms with Crippen LogP contribution in [0.4, 0.5) is 5.69 Å². The van der Waals surface area contributed by atoms with Crippen molar-refractivity contribution in [2.75, 3.05) is 11.4 Å². The summed E-state index contributed by atoms with van der Waals surface area (Å²) in [5.41, 5.74) is 1.00. The van der Waals surface area contributed by atoms with Gasteiger partial charge < -0.3 is 10.0 Å². The number of hydrogen-bond donors (Lipinski definition) is 1. The van der Waals surface area contributed by atoms with Crippen molar-refractivity contribution >= 4 is 33.3 Å². The summed E-state index contributed by atoms with van der Waals surface area (Å²) < 4.78 is 0.777. The molecule has 4 rings (SSSR count). The molecule has 1 N–H and O–H groups in total. The zero-order valence-corrected chi connectivity index (χ0v) is 15.4. The molecule has 1 amide bonds. The number of hydrogen-bond acceptors (Lipinski definition) is 3. The summed E-state index contributed by atoms with van der Waals surface area (Å²) in [6.45, 7) is 2.32. The van der Waals surface area contributed by atoms with Crippen LogP contribution in [0.5, 0.6) is 0 Å². The minimum atomic E-state index is -1.81. The minimum Gasteiger partial charge on any atom is -0.375 e. The third kappa shape index (κ3) is 2.22. The van der Waals surface area contributed by atoms with E-state index in [1.165, 1.54) is 0 Å². The third-order valence-electron chi connectivity index (χ3n) is 5.35. The smallest absolute Gasteiger partial charge is 0.264 e. The number of likely N-dealkylation sites (N-methyl/N-ethyl adjacent to an activating group) is 1. The van der Waals surface area contributed by atoms with Gasteiger partial charge in [-0.15, -0.1) is 0 Å². The highest BCUT2D eigenvalue weighted by atomic mass is 79.9. The third-order valence-corrected chi connectivity index (χ3v) is 5.85. The lowest BCUT2D eigenvalue weighted by atomic mass is 9.71. The number of amides is 1. The maximum atomic E-state index is 13.1. The largest absolute Gasteiger partial charge is 0.375 e. The molecular weight excluding hydrogens is 382 g/mol. The Hall–Kier alpha value is -1.98. The van der Waals surface area contributed by atoms with Gasteiger partial charge in [0.25, 0.3) is 5.91 Å². The van der Waals surface area contributed by atoms with Gasteiger partial charge in [0.2, 0.25) is 0 Å². The second-order valence-electron chi connectivity index (χ2n) is 6.59. The summed E-state index contributed by atoms with van der Waals surface area (Å²) in [5.74, 6) is -1.32. The normalized spacial score (nSPS) is 25.1. The van der Waals surface area contributed by atoms with Crippen molar-refractivity contribution in [3.63, 3.8) is 0 Å². The van der Waals surface area contributed by atoms with E-state index in [1.807, 2.05) is 37.3 Å². The van der Waals surface area contributed by atoms with E-state index < -0.39 is 17.4 Å². The number of ketones is 1. The highest BCUT2D eigenvalue weighted by Crippen LogP contribution is 2.48. The minimum absolute atomic E-state index is 0.151. The van der Waals surface area contributed by atoms with Crippen molar-refractivity contribution < 1.29 is 14.7 Å². The van der Waals surface area contributed by atoms with Gasteiger partial charge >= 0.3 is 0 Å². The number of Topliss-reactive ketones (excluding diaryl/α,β-unsaturated/α-hetero) is 1. The number of anilines is 1. The first-order valence-corrected chi connectivity index (χ1v) is 9.24. The number of carbonyl (C=O) groups is 2. The molecule has 1 aliphatic carbocycles. The first-order valence-electron chi connectivity index (χ1n) is 8.45. The molecule has 128 valence electrons. The number of halogens is 1. The Morgan fingerprint density at radius 3 is 2.76 bits per heavy atom. The molecule has 25 heavy (non-hydrogen) atoms. The lowest BCUT2D eigenvalue weighted by Crippen LogP contribution is -2.49. The average Bonchev–Trinajstić information content (AvgIpc) is 2.83. The molecule has 1 aliphatic heterocycles. The molecule has 0 bridgehead atoms. The molecule has 0 unspecified atom stereocenters. The molecule has 0 spiro atoms. The van der Waals surface area contributed by atoms with Crippen molar-refractivity contribution in [2.45, 2.75) is 25.4 Å². The molecule has 0 fully saturated rings. The molecule has 0 saturated carbocycles. The summed E-state index contributed by atoms with van der Waals surface area (Å²) >= 11 is 3.42. The maximum Gasteiger partial charge on any atom is 0.264 e. The van der Waals surface area contributed by atoms with E-state index >= 15 is 0 Å². The Bertz CT molecular complexity index is 894. The molecule has 0 radical (unpaired) electrons. The fraction of sp³-hybridized carbons (Fsp3) is 0.300. The monoisotopic (exact) mass is 399 g/mol. The number of benzene rings is 2. The first-order chi connectivity index (χ1) is 12.0. The lowest BCUT2D eigenvalue weighted by molar-refractivity contribution is -0.140. The second kappa shape index (κ2) is 5.78. The van der Waals surface area contributed by atoms with E-state index in [9.17, 15) is 14.7 Å². The van der Waals surface area contributed by atoms with Crippen LogP contribution in [0.1, 0.15) is 34.8 Å². The van der Waals surface area contributed by atoms with Crippen molar-refractivity contribution in [2.24, 2.45) is 5.92 Å². The Morgan fingerprint density at radius 1 is 1.24 bits per heavy atom. The van der Waals surface area contributed by atoms with Crippen LogP contribution in [-0.2, 0) is 16.8 Å². The van der Waals surface area contributed by atoms with Crippen LogP contribution in [0.25, 0.3) is 0 Å². The maximum absolute atomic E-state index is 13.1. The zero-order valence-electron chi connectivity index (χ0n) is 13.8. The molecule has 5 heteroatoms. The van der Waals surface area contributed by atoms with Gasteiger partial charge in [-0.3, -0.25) is 9.59 Å². The van der Waals surface area contributed by atoms with E-state index in [-0.39, 0.29) is 5.78 Å². The van der Waals surface area contributed by atoms with Crippen LogP contribution in [-0.4, -0.2) is 23.3 Å². The van der Waals surface area contributed by atoms with Crippen molar-refractivity contribution in [3.05, 3.63) is 63.6 Å². The highest BCUT2D eigenvalue weighted by molar-refractivity contribution is 9.10. The Kier molecular flexibility index (Phi) is 3.81. The van der Waals surface area contributed by atoms with Crippen LogP contribution in [0.2, 0.25) is 0 Å². The van der Waals surface area contributed by atoms with Crippen LogP contribution >= 0.6 is 15.9 Å². The summed E-state index contributed by atoms with van der Waals surface area (Å²) in [6, 6.07) is 12.9. The van der Waals surface area contributed by atoms with Gasteiger partial charge in [0.05, 0.1) is 11.6 Å². The standard InChI is InChI=1S/C20H18BrNO3/c1-2-22-17-10-8-13(21)11-16(17)20(25,19(22)24)15-9-7-12-5-3-4-6-14(12)18(15)23/h3-6,8,10-11,15,25H,2,7,9H2,1H3/t15-,20+/m1/s1. The molecule has 1 heterocycles. The van der Waals surface area contributed by atoms with Crippen LogP contribution in [0.15, 0.2) is 46.9 Å². The zero-order chi connectivity index (χ0) is 17.8. The number of aryl methyl sites for hydroxylation is 1. The first kappa shape index (κ1) is 16.5. The fourth-order valence-electron chi connectivity index (χ4n) is 4.13. The molecule has 2 atom stereocenters. The fourth-order valence-corrected chi connectivity index (χ4v) is 4.49. The molecule has 4 nitrogen and oxygen atoms in total. The summed E-state index contributed by atoms with van der Waals surface area (Å²) in [6.07, 6.45) is 1.14. The topological polar surface area (TPSA) is 57.6 Å². The quantitative estimate of drug-likeness (QED) is 0.840. The number of aliphatic hydroxyl groups is 1. The van der Waals surface area contributed by atoms with Crippen molar-refractivity contribution in [3.8, 4) is 0 Å². The Morgan fingerprint density at radius 2 is 2.00 bits per heavy atom. The van der Waals surface area contributed by atoms with Gasteiger partial charge in [0.1, 0.15) is 0 Å². The number of nitrogens with zero attached hydrogens (tertiary/aromatic N) is 1. The molecule has 2 aromatic rings. The Labute approximate surface area is 154 Å². The van der Waals surface area contributed by atoms with E-state index in [1.54, 1.807) is 17.0 Å². The molecular formula is C20H18BrNO3. The predicted molar refractivity (Wildman–Crippen MR) is 98.6 cm³/mol. The van der Waals surface area contributed by atoms with Gasteiger partial charge in [0.15, 0.2) is 11.4 Å². The van der Waals surface area contributed by atoms with E-state index in [4.69, 9.17) is 0 Å². The summed E-state index contributed by atoms with van der Waals surface area (Å²) in [5, 5.41) is 11.5. The Balaban J connectivity index is 1.87. The van der Waals surface area contributed by atoms with E-state index in [0.717, 1.165) is 10.0 Å². The molecule has 2 aliphatic rings. The van der Waals surface area contributed by atoms with Gasteiger partial charge in [0, 0.05) is 22.1 Å². The number of fused-ring (bicyclic) bond motifs is 2. The second-order valence-corrected chi connectivity index (χ2v) is 7.51.